The third-order valence-corrected chi connectivity index (χ3v) is 5.37. The molecule has 0 spiro atoms. The number of hydrogen-bond acceptors (Lipinski definition) is 3. The van der Waals surface area contributed by atoms with Crippen LogP contribution in [0.1, 0.15) is 36.5 Å². The van der Waals surface area contributed by atoms with E-state index in [1.807, 2.05) is 60.7 Å². The van der Waals surface area contributed by atoms with Gasteiger partial charge in [0, 0.05) is 5.69 Å². The molecule has 0 heterocycles. The third-order valence-electron chi connectivity index (χ3n) is 5.37. The normalized spacial score (nSPS) is 13.8. The lowest BCUT2D eigenvalue weighted by atomic mass is 9.92. The second-order valence-electron chi connectivity index (χ2n) is 7.69. The topological polar surface area (TPSA) is 47.6 Å². The molecule has 154 valence electrons. The minimum Gasteiger partial charge on any atom is -0.489 e. The zero-order valence-electron chi connectivity index (χ0n) is 17.3. The molecule has 4 nitrogen and oxygen atoms in total. The molecule has 0 unspecified atom stereocenters. The van der Waals surface area contributed by atoms with Crippen LogP contribution in [0.4, 0.5) is 5.69 Å². The van der Waals surface area contributed by atoms with Crippen molar-refractivity contribution in [2.24, 2.45) is 0 Å². The minimum absolute atomic E-state index is 0.175. The van der Waals surface area contributed by atoms with E-state index in [0.29, 0.717) is 12.3 Å². The summed E-state index contributed by atoms with van der Waals surface area (Å²) in [4.78, 5) is 12.5. The Balaban J connectivity index is 1.29. The summed E-state index contributed by atoms with van der Waals surface area (Å²) in [6, 6.07) is 23.6. The molecule has 0 aromatic heterocycles. The summed E-state index contributed by atoms with van der Waals surface area (Å²) in [6.07, 6.45) is 4.11. The van der Waals surface area contributed by atoms with E-state index in [0.717, 1.165) is 29.9 Å². The van der Waals surface area contributed by atoms with Gasteiger partial charge in [0.2, 0.25) is 0 Å². The van der Waals surface area contributed by atoms with E-state index in [9.17, 15) is 4.79 Å². The lowest BCUT2D eigenvalue weighted by molar-refractivity contribution is -0.122. The average Bonchev–Trinajstić information content (AvgIpc) is 2.79. The summed E-state index contributed by atoms with van der Waals surface area (Å²) in [5.41, 5.74) is 4.58. The van der Waals surface area contributed by atoms with Crippen LogP contribution in [0.3, 0.4) is 0 Å². The first-order chi connectivity index (χ1) is 14.7. The van der Waals surface area contributed by atoms with Crippen LogP contribution in [0.2, 0.25) is 0 Å². The zero-order chi connectivity index (χ0) is 20.8. The highest BCUT2D eigenvalue weighted by atomic mass is 16.5. The van der Waals surface area contributed by atoms with Crippen molar-refractivity contribution in [3.8, 4) is 11.5 Å². The van der Waals surface area contributed by atoms with E-state index in [4.69, 9.17) is 9.47 Å². The molecule has 4 heteroatoms. The zero-order valence-corrected chi connectivity index (χ0v) is 17.3. The maximum absolute atomic E-state index is 12.5. The number of carbonyl (C=O) groups excluding carboxylic acids is 1. The lowest BCUT2D eigenvalue weighted by Gasteiger charge is -2.19. The molecule has 3 aromatic rings. The first-order valence-corrected chi connectivity index (χ1v) is 10.5. The number of rotatable bonds is 7. The van der Waals surface area contributed by atoms with E-state index in [2.05, 4.69) is 17.4 Å². The van der Waals surface area contributed by atoms with Crippen LogP contribution in [0.5, 0.6) is 11.5 Å². The van der Waals surface area contributed by atoms with Crippen molar-refractivity contribution in [1.82, 2.24) is 0 Å². The molecule has 1 amide bonds. The van der Waals surface area contributed by atoms with Gasteiger partial charge in [0.15, 0.2) is 6.10 Å². The molecule has 0 bridgehead atoms. The summed E-state index contributed by atoms with van der Waals surface area (Å²) in [7, 11) is 0. The predicted molar refractivity (Wildman–Crippen MR) is 119 cm³/mol. The Labute approximate surface area is 177 Å². The van der Waals surface area contributed by atoms with E-state index < -0.39 is 6.10 Å². The van der Waals surface area contributed by atoms with Gasteiger partial charge in [0.05, 0.1) is 0 Å². The van der Waals surface area contributed by atoms with Gasteiger partial charge in [0.1, 0.15) is 18.1 Å². The number of nitrogens with one attached hydrogen (secondary N) is 1. The smallest absolute Gasteiger partial charge is 0.265 e. The van der Waals surface area contributed by atoms with Crippen molar-refractivity contribution in [3.05, 3.63) is 89.5 Å². The Morgan fingerprint density at radius 1 is 0.900 bits per heavy atom. The fourth-order valence-electron chi connectivity index (χ4n) is 3.66. The van der Waals surface area contributed by atoms with Crippen molar-refractivity contribution in [3.63, 3.8) is 0 Å². The number of carbonyl (C=O) groups is 1. The third kappa shape index (κ3) is 5.20. The van der Waals surface area contributed by atoms with Gasteiger partial charge in [-0.1, -0.05) is 36.4 Å². The molecule has 0 fully saturated rings. The number of ether oxygens (including phenoxy) is 2. The highest BCUT2D eigenvalue weighted by molar-refractivity contribution is 5.94. The Kier molecular flexibility index (Phi) is 6.33. The molecule has 0 saturated heterocycles. The van der Waals surface area contributed by atoms with Crippen molar-refractivity contribution >= 4 is 11.6 Å². The van der Waals surface area contributed by atoms with Gasteiger partial charge in [-0.2, -0.15) is 0 Å². The Bertz CT molecular complexity index is 983. The quantitative estimate of drug-likeness (QED) is 0.565. The summed E-state index contributed by atoms with van der Waals surface area (Å²) < 4.78 is 11.7. The van der Waals surface area contributed by atoms with Gasteiger partial charge in [-0.05, 0) is 85.7 Å². The number of amides is 1. The fourth-order valence-corrected chi connectivity index (χ4v) is 3.66. The van der Waals surface area contributed by atoms with Crippen LogP contribution in [-0.4, -0.2) is 12.0 Å². The summed E-state index contributed by atoms with van der Waals surface area (Å²) in [5.74, 6) is 1.34. The van der Waals surface area contributed by atoms with Gasteiger partial charge in [0.25, 0.3) is 5.91 Å². The number of anilines is 1. The molecule has 4 rings (SSSR count). The Morgan fingerprint density at radius 3 is 2.37 bits per heavy atom. The Hall–Kier alpha value is -3.27. The molecular formula is C26H27NO3. The van der Waals surface area contributed by atoms with E-state index in [-0.39, 0.29) is 5.91 Å². The minimum atomic E-state index is -0.583. The van der Waals surface area contributed by atoms with Crippen LogP contribution in [0.25, 0.3) is 0 Å². The first kappa shape index (κ1) is 20.0. The molecule has 0 radical (unpaired) electrons. The van der Waals surface area contributed by atoms with Gasteiger partial charge in [-0.25, -0.2) is 0 Å². The molecule has 0 saturated carbocycles. The summed E-state index contributed by atoms with van der Waals surface area (Å²) >= 11 is 0. The summed E-state index contributed by atoms with van der Waals surface area (Å²) in [5, 5.41) is 2.91. The Morgan fingerprint density at radius 2 is 1.60 bits per heavy atom. The standard InChI is InChI=1S/C26H27NO3/c1-19(30-25-14-11-21-9-5-6-10-22(21)17-25)26(28)27-23-12-15-24(16-13-23)29-18-20-7-3-2-4-8-20/h2-4,7-8,11-17,19H,5-6,9-10,18H2,1H3,(H,27,28)/t19-/m0/s1. The highest BCUT2D eigenvalue weighted by Gasteiger charge is 2.16. The van der Waals surface area contributed by atoms with Crippen LogP contribution in [0, 0.1) is 0 Å². The first-order valence-electron chi connectivity index (χ1n) is 10.5. The van der Waals surface area contributed by atoms with Gasteiger partial charge >= 0.3 is 0 Å². The molecule has 3 aromatic carbocycles. The van der Waals surface area contributed by atoms with Gasteiger partial charge in [-0.15, -0.1) is 0 Å². The molecule has 1 aliphatic rings. The SMILES string of the molecule is C[C@H](Oc1ccc2c(c1)CCCC2)C(=O)Nc1ccc(OCc2ccccc2)cc1. The van der Waals surface area contributed by atoms with Crippen molar-refractivity contribution in [2.45, 2.75) is 45.3 Å². The van der Waals surface area contributed by atoms with Crippen LogP contribution >= 0.6 is 0 Å². The van der Waals surface area contributed by atoms with Crippen LogP contribution in [-0.2, 0) is 24.2 Å². The number of benzene rings is 3. The predicted octanol–water partition coefficient (Wildman–Crippen LogP) is 5.55. The summed E-state index contributed by atoms with van der Waals surface area (Å²) in [6.45, 7) is 2.28. The molecule has 0 aliphatic heterocycles. The molecule has 30 heavy (non-hydrogen) atoms. The maximum Gasteiger partial charge on any atom is 0.265 e. The monoisotopic (exact) mass is 401 g/mol. The van der Waals surface area contributed by atoms with Gasteiger partial charge < -0.3 is 14.8 Å². The average molecular weight is 402 g/mol. The van der Waals surface area contributed by atoms with E-state index >= 15 is 0 Å². The van der Waals surface area contributed by atoms with Gasteiger partial charge in [-0.3, -0.25) is 4.79 Å². The molecule has 1 atom stereocenters. The fraction of sp³-hybridized carbons (Fsp3) is 0.269. The van der Waals surface area contributed by atoms with Crippen molar-refractivity contribution in [2.75, 3.05) is 5.32 Å². The van der Waals surface area contributed by atoms with Crippen molar-refractivity contribution in [1.29, 1.82) is 0 Å². The number of aryl methyl sites for hydroxylation is 2. The van der Waals surface area contributed by atoms with E-state index in [1.165, 1.54) is 24.0 Å². The molecular weight excluding hydrogens is 374 g/mol. The van der Waals surface area contributed by atoms with Crippen molar-refractivity contribution < 1.29 is 14.3 Å². The maximum atomic E-state index is 12.5. The number of fused-ring (bicyclic) bond motifs is 1. The molecule has 1 aliphatic carbocycles. The highest BCUT2D eigenvalue weighted by Crippen LogP contribution is 2.26. The lowest BCUT2D eigenvalue weighted by Crippen LogP contribution is -2.30. The number of hydrogen-bond donors (Lipinski definition) is 1. The second-order valence-corrected chi connectivity index (χ2v) is 7.69. The second kappa shape index (κ2) is 9.49. The van der Waals surface area contributed by atoms with Crippen LogP contribution < -0.4 is 14.8 Å². The van der Waals surface area contributed by atoms with E-state index in [1.54, 1.807) is 6.92 Å². The van der Waals surface area contributed by atoms with Crippen LogP contribution in [0.15, 0.2) is 72.8 Å². The largest absolute Gasteiger partial charge is 0.489 e. The molecule has 1 N–H and O–H groups in total.